The molecule has 0 spiro atoms. The lowest BCUT2D eigenvalue weighted by atomic mass is 10.1. The molecule has 0 heterocycles. The van der Waals surface area contributed by atoms with Gasteiger partial charge in [0.1, 0.15) is 0 Å². The van der Waals surface area contributed by atoms with Crippen molar-refractivity contribution in [1.29, 1.82) is 0 Å². The van der Waals surface area contributed by atoms with Gasteiger partial charge in [-0.2, -0.15) is 0 Å². The molecule has 1 aromatic carbocycles. The molecule has 1 rings (SSSR count). The number of rotatable bonds is 5. The van der Waals surface area contributed by atoms with Gasteiger partial charge in [-0.05, 0) is 6.42 Å². The number of benzene rings is 1. The second-order valence-electron chi connectivity index (χ2n) is 3.99. The summed E-state index contributed by atoms with van der Waals surface area (Å²) in [5, 5.41) is 3.20. The fourth-order valence-electron chi connectivity index (χ4n) is 1.39. The number of amides is 1. The maximum absolute atomic E-state index is 11.8. The van der Waals surface area contributed by atoms with Crippen LogP contribution in [0.4, 0.5) is 5.69 Å². The topological polar surface area (TPSA) is 47.6 Å². The summed E-state index contributed by atoms with van der Waals surface area (Å²) in [6.45, 7) is 3.82. The SMILES string of the molecule is CC[C@H](C)C(=O)Nc1cc(OC)c(OC)cc1Cl. The maximum Gasteiger partial charge on any atom is 0.227 e. The van der Waals surface area contributed by atoms with Gasteiger partial charge in [0.25, 0.3) is 0 Å². The third kappa shape index (κ3) is 3.29. The van der Waals surface area contributed by atoms with Gasteiger partial charge in [0.2, 0.25) is 5.91 Å². The predicted octanol–water partition coefficient (Wildman–Crippen LogP) is 3.34. The Labute approximate surface area is 112 Å². The Balaban J connectivity index is 2.99. The first-order chi connectivity index (χ1) is 8.53. The van der Waals surface area contributed by atoms with Crippen molar-refractivity contribution >= 4 is 23.2 Å². The summed E-state index contributed by atoms with van der Waals surface area (Å²) in [5.74, 6) is 0.936. The summed E-state index contributed by atoms with van der Waals surface area (Å²) < 4.78 is 10.3. The van der Waals surface area contributed by atoms with Crippen LogP contribution >= 0.6 is 11.6 Å². The number of anilines is 1. The van der Waals surface area contributed by atoms with Crippen LogP contribution < -0.4 is 14.8 Å². The van der Waals surface area contributed by atoms with Gasteiger partial charge in [0, 0.05) is 18.1 Å². The van der Waals surface area contributed by atoms with Crippen LogP contribution in [0, 0.1) is 5.92 Å². The molecule has 1 aromatic rings. The summed E-state index contributed by atoms with van der Waals surface area (Å²) in [6, 6.07) is 3.27. The Morgan fingerprint density at radius 3 is 2.39 bits per heavy atom. The van der Waals surface area contributed by atoms with Gasteiger partial charge in [0.15, 0.2) is 11.5 Å². The molecule has 0 saturated carbocycles. The molecule has 1 N–H and O–H groups in total. The summed E-state index contributed by atoms with van der Waals surface area (Å²) in [5.41, 5.74) is 0.527. The Bertz CT molecular complexity index is 434. The number of carbonyl (C=O) groups is 1. The molecular weight excluding hydrogens is 254 g/mol. The van der Waals surface area contributed by atoms with Gasteiger partial charge >= 0.3 is 0 Å². The van der Waals surface area contributed by atoms with Crippen LogP contribution in [-0.4, -0.2) is 20.1 Å². The second-order valence-corrected chi connectivity index (χ2v) is 4.39. The van der Waals surface area contributed by atoms with Crippen molar-refractivity contribution in [2.45, 2.75) is 20.3 Å². The highest BCUT2D eigenvalue weighted by molar-refractivity contribution is 6.34. The number of hydrogen-bond acceptors (Lipinski definition) is 3. The molecule has 0 radical (unpaired) electrons. The minimum atomic E-state index is -0.0633. The van der Waals surface area contributed by atoms with Crippen molar-refractivity contribution in [2.24, 2.45) is 5.92 Å². The van der Waals surface area contributed by atoms with E-state index in [9.17, 15) is 4.79 Å². The van der Waals surface area contributed by atoms with Crippen molar-refractivity contribution in [3.63, 3.8) is 0 Å². The fourth-order valence-corrected chi connectivity index (χ4v) is 1.59. The molecule has 0 fully saturated rings. The van der Waals surface area contributed by atoms with E-state index in [-0.39, 0.29) is 11.8 Å². The van der Waals surface area contributed by atoms with Crippen LogP contribution in [0.3, 0.4) is 0 Å². The van der Waals surface area contributed by atoms with Gasteiger partial charge < -0.3 is 14.8 Å². The first kappa shape index (κ1) is 14.6. The van der Waals surface area contributed by atoms with Crippen LogP contribution in [0.2, 0.25) is 5.02 Å². The maximum atomic E-state index is 11.8. The normalized spacial score (nSPS) is 11.8. The van der Waals surface area contributed by atoms with Gasteiger partial charge in [-0.1, -0.05) is 25.4 Å². The summed E-state index contributed by atoms with van der Waals surface area (Å²) in [7, 11) is 3.07. The summed E-state index contributed by atoms with van der Waals surface area (Å²) in [6.07, 6.45) is 0.775. The third-order valence-corrected chi connectivity index (χ3v) is 3.10. The Hall–Kier alpha value is -1.42. The number of carbonyl (C=O) groups excluding carboxylic acids is 1. The molecule has 0 aliphatic heterocycles. The van der Waals surface area contributed by atoms with E-state index < -0.39 is 0 Å². The summed E-state index contributed by atoms with van der Waals surface area (Å²) in [4.78, 5) is 11.8. The molecule has 0 aliphatic carbocycles. The molecule has 0 unspecified atom stereocenters. The lowest BCUT2D eigenvalue weighted by molar-refractivity contribution is -0.119. The minimum absolute atomic E-state index is 0.0610. The zero-order valence-corrected chi connectivity index (χ0v) is 11.8. The average Bonchev–Trinajstić information content (AvgIpc) is 2.39. The predicted molar refractivity (Wildman–Crippen MR) is 72.6 cm³/mol. The lowest BCUT2D eigenvalue weighted by Crippen LogP contribution is -2.19. The van der Waals surface area contributed by atoms with E-state index in [4.69, 9.17) is 21.1 Å². The molecule has 1 atom stereocenters. The highest BCUT2D eigenvalue weighted by Gasteiger charge is 2.15. The highest BCUT2D eigenvalue weighted by atomic mass is 35.5. The first-order valence-electron chi connectivity index (χ1n) is 5.75. The summed E-state index contributed by atoms with van der Waals surface area (Å²) >= 11 is 6.08. The largest absolute Gasteiger partial charge is 0.493 e. The number of hydrogen-bond donors (Lipinski definition) is 1. The molecule has 1 amide bonds. The average molecular weight is 272 g/mol. The molecule has 0 aliphatic rings. The third-order valence-electron chi connectivity index (χ3n) is 2.79. The van der Waals surface area contributed by atoms with Crippen LogP contribution in [-0.2, 0) is 4.79 Å². The van der Waals surface area contributed by atoms with Crippen molar-refractivity contribution in [2.75, 3.05) is 19.5 Å². The van der Waals surface area contributed by atoms with Gasteiger partial charge in [-0.25, -0.2) is 0 Å². The van der Waals surface area contributed by atoms with Crippen LogP contribution in [0.5, 0.6) is 11.5 Å². The Morgan fingerprint density at radius 2 is 1.89 bits per heavy atom. The molecule has 100 valence electrons. The number of halogens is 1. The molecule has 0 aromatic heterocycles. The minimum Gasteiger partial charge on any atom is -0.493 e. The first-order valence-corrected chi connectivity index (χ1v) is 6.13. The number of nitrogens with one attached hydrogen (secondary N) is 1. The van der Waals surface area contributed by atoms with Crippen LogP contribution in [0.1, 0.15) is 20.3 Å². The molecule has 5 heteroatoms. The Kier molecular flexibility index (Phi) is 5.28. The van der Waals surface area contributed by atoms with Gasteiger partial charge in [0.05, 0.1) is 24.9 Å². The fraction of sp³-hybridized carbons (Fsp3) is 0.462. The molecule has 0 saturated heterocycles. The van der Waals surface area contributed by atoms with Crippen LogP contribution in [0.25, 0.3) is 0 Å². The quantitative estimate of drug-likeness (QED) is 0.893. The van der Waals surface area contributed by atoms with Crippen molar-refractivity contribution < 1.29 is 14.3 Å². The number of ether oxygens (including phenoxy) is 2. The zero-order valence-electron chi connectivity index (χ0n) is 11.0. The van der Waals surface area contributed by atoms with E-state index in [1.165, 1.54) is 14.2 Å². The second kappa shape index (κ2) is 6.50. The van der Waals surface area contributed by atoms with Crippen molar-refractivity contribution in [3.05, 3.63) is 17.2 Å². The highest BCUT2D eigenvalue weighted by Crippen LogP contribution is 2.36. The number of methoxy groups -OCH3 is 2. The monoisotopic (exact) mass is 271 g/mol. The van der Waals surface area contributed by atoms with E-state index >= 15 is 0 Å². The van der Waals surface area contributed by atoms with Gasteiger partial charge in [-0.15, -0.1) is 0 Å². The smallest absolute Gasteiger partial charge is 0.227 e. The standard InChI is InChI=1S/C13H18ClNO3/c1-5-8(2)13(16)15-10-7-12(18-4)11(17-3)6-9(10)14/h6-8H,5H2,1-4H3,(H,15,16)/t8-/m0/s1. The van der Waals surface area contributed by atoms with E-state index in [2.05, 4.69) is 5.32 Å². The van der Waals surface area contributed by atoms with Crippen molar-refractivity contribution in [3.8, 4) is 11.5 Å². The molecule has 18 heavy (non-hydrogen) atoms. The molecular formula is C13H18ClNO3. The molecule has 0 bridgehead atoms. The van der Waals surface area contributed by atoms with Crippen LogP contribution in [0.15, 0.2) is 12.1 Å². The van der Waals surface area contributed by atoms with E-state index in [1.807, 2.05) is 13.8 Å². The lowest BCUT2D eigenvalue weighted by Gasteiger charge is -2.14. The van der Waals surface area contributed by atoms with Gasteiger partial charge in [-0.3, -0.25) is 4.79 Å². The van der Waals surface area contributed by atoms with E-state index in [0.717, 1.165) is 6.42 Å². The Morgan fingerprint density at radius 1 is 1.33 bits per heavy atom. The van der Waals surface area contributed by atoms with E-state index in [1.54, 1.807) is 12.1 Å². The zero-order chi connectivity index (χ0) is 13.7. The van der Waals surface area contributed by atoms with E-state index in [0.29, 0.717) is 22.2 Å². The van der Waals surface area contributed by atoms with Crippen molar-refractivity contribution in [1.82, 2.24) is 0 Å². The molecule has 4 nitrogen and oxygen atoms in total.